The summed E-state index contributed by atoms with van der Waals surface area (Å²) in [6.45, 7) is 3.45. The number of hydrogen-bond donors (Lipinski definition) is 0. The van der Waals surface area contributed by atoms with Gasteiger partial charge in [0.1, 0.15) is 12.2 Å². The Hall–Kier alpha value is -2.22. The number of ether oxygens (including phenoxy) is 1. The molecule has 0 amide bonds. The number of nitrogens with zero attached hydrogens (tertiary/aromatic N) is 1. The largest absolute Gasteiger partial charge is 0.460 e. The Bertz CT molecular complexity index is 891. The van der Waals surface area contributed by atoms with E-state index in [-0.39, 0.29) is 5.92 Å². The summed E-state index contributed by atoms with van der Waals surface area (Å²) in [6.07, 6.45) is 2.10. The Morgan fingerprint density at radius 3 is 2.00 bits per heavy atom. The van der Waals surface area contributed by atoms with Gasteiger partial charge in [0, 0.05) is 32.5 Å². The van der Waals surface area contributed by atoms with Crippen LogP contribution in [0.25, 0.3) is 0 Å². The van der Waals surface area contributed by atoms with E-state index in [0.29, 0.717) is 13.0 Å². The van der Waals surface area contributed by atoms with Gasteiger partial charge in [-0.2, -0.15) is 8.42 Å². The molecule has 31 heavy (non-hydrogen) atoms. The third-order valence-corrected chi connectivity index (χ3v) is 6.06. The molecule has 3 rings (SSSR count). The van der Waals surface area contributed by atoms with E-state index in [4.69, 9.17) is 8.92 Å². The smallest absolute Gasteiger partial charge is 0.302 e. The van der Waals surface area contributed by atoms with Crippen LogP contribution < -0.4 is 0 Å². The summed E-state index contributed by atoms with van der Waals surface area (Å²) in [4.78, 5) is 13.9. The van der Waals surface area contributed by atoms with Crippen molar-refractivity contribution in [3.63, 3.8) is 0 Å². The van der Waals surface area contributed by atoms with Gasteiger partial charge in [0.15, 0.2) is 0 Å². The lowest BCUT2D eigenvalue weighted by atomic mass is 9.84. The van der Waals surface area contributed by atoms with Crippen LogP contribution in [-0.2, 0) is 36.9 Å². The molecule has 0 saturated heterocycles. The Morgan fingerprint density at radius 1 is 0.968 bits per heavy atom. The SMILES string of the molecule is CC(=O)O[C@@H]1CCC[C@@H](CN(Cc2ccccc2)Cc2ccccc2)[C@H]1OS(C)(=O)=O. The third-order valence-electron chi connectivity index (χ3n) is 5.49. The summed E-state index contributed by atoms with van der Waals surface area (Å²) in [6, 6.07) is 20.4. The zero-order valence-corrected chi connectivity index (χ0v) is 19.0. The molecule has 1 aliphatic carbocycles. The Balaban J connectivity index is 1.82. The fourth-order valence-electron chi connectivity index (χ4n) is 4.29. The molecule has 0 N–H and O–H groups in total. The van der Waals surface area contributed by atoms with Gasteiger partial charge in [-0.1, -0.05) is 60.7 Å². The van der Waals surface area contributed by atoms with Gasteiger partial charge >= 0.3 is 5.97 Å². The van der Waals surface area contributed by atoms with Crippen molar-refractivity contribution in [1.29, 1.82) is 0 Å². The first-order valence-corrected chi connectivity index (χ1v) is 12.5. The molecule has 0 radical (unpaired) electrons. The average Bonchev–Trinajstić information content (AvgIpc) is 2.70. The highest BCUT2D eigenvalue weighted by molar-refractivity contribution is 7.86. The van der Waals surface area contributed by atoms with Crippen molar-refractivity contribution in [2.24, 2.45) is 5.92 Å². The minimum atomic E-state index is -3.69. The highest BCUT2D eigenvalue weighted by Gasteiger charge is 2.39. The molecule has 0 heterocycles. The van der Waals surface area contributed by atoms with E-state index in [9.17, 15) is 13.2 Å². The van der Waals surface area contributed by atoms with Crippen LogP contribution in [0.1, 0.15) is 37.3 Å². The Kier molecular flexibility index (Phi) is 8.23. The quantitative estimate of drug-likeness (QED) is 0.432. The molecule has 0 bridgehead atoms. The standard InChI is InChI=1S/C24H31NO5S/c1-19(26)29-23-15-9-14-22(24(23)30-31(2,27)28)18-25(16-20-10-5-3-6-11-20)17-21-12-7-4-8-13-21/h3-8,10-13,22-24H,9,14-18H2,1-2H3/t22-,23+,24+/m0/s1. The summed E-state index contributed by atoms with van der Waals surface area (Å²) >= 11 is 0. The first-order valence-electron chi connectivity index (χ1n) is 10.7. The van der Waals surface area contributed by atoms with E-state index in [1.165, 1.54) is 18.1 Å². The first-order chi connectivity index (χ1) is 14.8. The normalized spacial score (nSPS) is 21.7. The molecule has 0 unspecified atom stereocenters. The molecule has 6 nitrogen and oxygen atoms in total. The van der Waals surface area contributed by atoms with Crippen molar-refractivity contribution in [1.82, 2.24) is 4.90 Å². The Morgan fingerprint density at radius 2 is 1.52 bits per heavy atom. The van der Waals surface area contributed by atoms with Crippen molar-refractivity contribution in [2.75, 3.05) is 12.8 Å². The molecular formula is C24H31NO5S. The second kappa shape index (κ2) is 10.9. The van der Waals surface area contributed by atoms with Crippen LogP contribution >= 0.6 is 0 Å². The topological polar surface area (TPSA) is 72.9 Å². The molecule has 1 saturated carbocycles. The first kappa shape index (κ1) is 23.4. The molecule has 0 spiro atoms. The van der Waals surface area contributed by atoms with Gasteiger partial charge in [0.2, 0.25) is 0 Å². The van der Waals surface area contributed by atoms with Crippen molar-refractivity contribution in [3.8, 4) is 0 Å². The number of rotatable bonds is 9. The van der Waals surface area contributed by atoms with Crippen LogP contribution in [0.5, 0.6) is 0 Å². The molecule has 7 heteroatoms. The number of esters is 1. The fraction of sp³-hybridized carbons (Fsp3) is 0.458. The highest BCUT2D eigenvalue weighted by Crippen LogP contribution is 2.32. The minimum absolute atomic E-state index is 0.0692. The zero-order valence-electron chi connectivity index (χ0n) is 18.1. The van der Waals surface area contributed by atoms with Gasteiger partial charge in [-0.15, -0.1) is 0 Å². The van der Waals surface area contributed by atoms with Crippen molar-refractivity contribution in [2.45, 2.75) is 51.5 Å². The third kappa shape index (κ3) is 7.76. The fourth-order valence-corrected chi connectivity index (χ4v) is 4.97. The lowest BCUT2D eigenvalue weighted by Gasteiger charge is -2.39. The van der Waals surface area contributed by atoms with Crippen LogP contribution in [0, 0.1) is 5.92 Å². The minimum Gasteiger partial charge on any atom is -0.460 e. The van der Waals surface area contributed by atoms with E-state index in [1.54, 1.807) is 0 Å². The van der Waals surface area contributed by atoms with Crippen LogP contribution in [-0.4, -0.2) is 44.3 Å². The molecule has 3 atom stereocenters. The lowest BCUT2D eigenvalue weighted by molar-refractivity contribution is -0.156. The van der Waals surface area contributed by atoms with Gasteiger partial charge in [-0.3, -0.25) is 13.9 Å². The molecule has 2 aromatic carbocycles. The van der Waals surface area contributed by atoms with Gasteiger partial charge in [0.05, 0.1) is 6.26 Å². The predicted octanol–water partition coefficient (Wildman–Crippen LogP) is 3.77. The van der Waals surface area contributed by atoms with E-state index >= 15 is 0 Å². The average molecular weight is 446 g/mol. The van der Waals surface area contributed by atoms with Crippen LogP contribution in [0.2, 0.25) is 0 Å². The summed E-state index contributed by atoms with van der Waals surface area (Å²) in [5.41, 5.74) is 2.37. The van der Waals surface area contributed by atoms with E-state index < -0.39 is 28.3 Å². The summed E-state index contributed by atoms with van der Waals surface area (Å²) in [7, 11) is -3.69. The van der Waals surface area contributed by atoms with Crippen LogP contribution in [0.3, 0.4) is 0 Å². The maximum atomic E-state index is 12.0. The maximum Gasteiger partial charge on any atom is 0.302 e. The second-order valence-corrected chi connectivity index (χ2v) is 9.85. The summed E-state index contributed by atoms with van der Waals surface area (Å²) in [5.74, 6) is -0.488. The molecule has 0 aliphatic heterocycles. The summed E-state index contributed by atoms with van der Waals surface area (Å²) in [5, 5.41) is 0. The predicted molar refractivity (Wildman–Crippen MR) is 120 cm³/mol. The van der Waals surface area contributed by atoms with E-state index in [1.807, 2.05) is 36.4 Å². The van der Waals surface area contributed by atoms with E-state index in [2.05, 4.69) is 29.2 Å². The van der Waals surface area contributed by atoms with Gasteiger partial charge in [-0.05, 0) is 30.4 Å². The number of benzene rings is 2. The molecular weight excluding hydrogens is 414 g/mol. The maximum absolute atomic E-state index is 12.0. The summed E-state index contributed by atoms with van der Waals surface area (Å²) < 4.78 is 34.9. The molecule has 0 aromatic heterocycles. The van der Waals surface area contributed by atoms with Crippen molar-refractivity contribution < 1.29 is 22.1 Å². The lowest BCUT2D eigenvalue weighted by Crippen LogP contribution is -2.47. The van der Waals surface area contributed by atoms with Crippen LogP contribution in [0.4, 0.5) is 0 Å². The second-order valence-electron chi connectivity index (χ2n) is 8.24. The number of carbonyl (C=O) groups excluding carboxylic acids is 1. The highest BCUT2D eigenvalue weighted by atomic mass is 32.2. The van der Waals surface area contributed by atoms with Gasteiger partial charge < -0.3 is 4.74 Å². The number of carbonyl (C=O) groups is 1. The van der Waals surface area contributed by atoms with Gasteiger partial charge in [-0.25, -0.2) is 0 Å². The number of hydrogen-bond acceptors (Lipinski definition) is 6. The van der Waals surface area contributed by atoms with Crippen molar-refractivity contribution >= 4 is 16.1 Å². The Labute approximate surface area is 185 Å². The molecule has 168 valence electrons. The van der Waals surface area contributed by atoms with Crippen LogP contribution in [0.15, 0.2) is 60.7 Å². The monoisotopic (exact) mass is 445 g/mol. The van der Waals surface area contributed by atoms with Gasteiger partial charge in [0.25, 0.3) is 10.1 Å². The zero-order chi connectivity index (χ0) is 22.3. The van der Waals surface area contributed by atoms with E-state index in [0.717, 1.165) is 32.2 Å². The molecule has 2 aromatic rings. The van der Waals surface area contributed by atoms with Crippen molar-refractivity contribution in [3.05, 3.63) is 71.8 Å². The molecule has 1 aliphatic rings. The molecule has 1 fully saturated rings.